The highest BCUT2D eigenvalue weighted by Crippen LogP contribution is 2.17. The second-order valence-corrected chi connectivity index (χ2v) is 5.37. The van der Waals surface area contributed by atoms with Crippen LogP contribution in [0.3, 0.4) is 0 Å². The van der Waals surface area contributed by atoms with Crippen LogP contribution in [0.25, 0.3) is 22.4 Å². The Morgan fingerprint density at radius 3 is 2.65 bits per heavy atom. The van der Waals surface area contributed by atoms with Crippen molar-refractivity contribution in [2.45, 2.75) is 13.5 Å². The topological polar surface area (TPSA) is 76.7 Å². The molecule has 6 nitrogen and oxygen atoms in total. The molecule has 4 aromatic rings. The van der Waals surface area contributed by atoms with Gasteiger partial charge in [0.05, 0.1) is 17.6 Å². The number of imidazole rings is 1. The van der Waals surface area contributed by atoms with Crippen LogP contribution in [0.1, 0.15) is 11.5 Å². The second-order valence-electron chi connectivity index (χ2n) is 5.37. The maximum Gasteiger partial charge on any atom is 0.326 e. The normalized spacial score (nSPS) is 11.2. The van der Waals surface area contributed by atoms with Crippen molar-refractivity contribution in [3.63, 3.8) is 0 Å². The summed E-state index contributed by atoms with van der Waals surface area (Å²) in [7, 11) is 0. The van der Waals surface area contributed by atoms with Crippen molar-refractivity contribution in [2.75, 3.05) is 0 Å². The van der Waals surface area contributed by atoms with Crippen LogP contribution in [-0.4, -0.2) is 19.7 Å². The van der Waals surface area contributed by atoms with Gasteiger partial charge in [0.15, 0.2) is 0 Å². The van der Waals surface area contributed by atoms with E-state index in [2.05, 4.69) is 15.1 Å². The Morgan fingerprint density at radius 2 is 1.91 bits per heavy atom. The number of fused-ring (bicyclic) bond motifs is 1. The van der Waals surface area contributed by atoms with Crippen molar-refractivity contribution in [2.24, 2.45) is 0 Å². The lowest BCUT2D eigenvalue weighted by Crippen LogP contribution is -2.17. The lowest BCUT2D eigenvalue weighted by molar-refractivity contribution is 0.394. The molecule has 0 saturated heterocycles. The number of nitrogens with zero attached hydrogens (tertiary/aromatic N) is 3. The molecule has 2 aromatic heterocycles. The molecule has 0 amide bonds. The molecule has 1 N–H and O–H groups in total. The average Bonchev–Trinajstić information content (AvgIpc) is 3.12. The van der Waals surface area contributed by atoms with Gasteiger partial charge in [0, 0.05) is 12.5 Å². The van der Waals surface area contributed by atoms with E-state index in [0.29, 0.717) is 18.3 Å². The van der Waals surface area contributed by atoms with Crippen molar-refractivity contribution >= 4 is 11.0 Å². The summed E-state index contributed by atoms with van der Waals surface area (Å²) in [6, 6.07) is 15.5. The molecule has 0 saturated carbocycles. The number of rotatable bonds is 3. The molecule has 0 radical (unpaired) electrons. The molecule has 0 aliphatic heterocycles. The second kappa shape index (κ2) is 5.24. The molecule has 2 aromatic carbocycles. The van der Waals surface area contributed by atoms with Crippen molar-refractivity contribution in [3.05, 3.63) is 70.5 Å². The number of para-hydroxylation sites is 2. The van der Waals surface area contributed by atoms with Gasteiger partial charge in [0.1, 0.15) is 0 Å². The first kappa shape index (κ1) is 13.5. The highest BCUT2D eigenvalue weighted by atomic mass is 16.5. The van der Waals surface area contributed by atoms with E-state index < -0.39 is 0 Å². The summed E-state index contributed by atoms with van der Waals surface area (Å²) in [6.45, 7) is 2.27. The Labute approximate surface area is 131 Å². The SMILES string of the molecule is Cc1nc(-c2ccc(Cn3c(=O)[nH]c4ccccc43)cc2)no1. The predicted molar refractivity (Wildman–Crippen MR) is 86.1 cm³/mol. The Morgan fingerprint density at radius 1 is 1.13 bits per heavy atom. The monoisotopic (exact) mass is 306 g/mol. The third kappa shape index (κ3) is 2.44. The lowest BCUT2D eigenvalue weighted by Gasteiger charge is -2.04. The molecule has 0 fully saturated rings. The predicted octanol–water partition coefficient (Wildman–Crippen LogP) is 2.74. The molecule has 2 heterocycles. The third-order valence-electron chi connectivity index (χ3n) is 3.76. The van der Waals surface area contributed by atoms with Crippen molar-refractivity contribution < 1.29 is 4.52 Å². The summed E-state index contributed by atoms with van der Waals surface area (Å²) < 4.78 is 6.71. The largest absolute Gasteiger partial charge is 0.339 e. The molecule has 0 bridgehead atoms. The number of aryl methyl sites for hydroxylation is 1. The van der Waals surface area contributed by atoms with Crippen LogP contribution in [0, 0.1) is 6.92 Å². The first-order valence-electron chi connectivity index (χ1n) is 7.28. The Balaban J connectivity index is 1.66. The summed E-state index contributed by atoms with van der Waals surface area (Å²) in [5, 5.41) is 3.90. The molecule has 0 aliphatic carbocycles. The minimum absolute atomic E-state index is 0.107. The van der Waals surface area contributed by atoms with Crippen molar-refractivity contribution in [3.8, 4) is 11.4 Å². The number of hydrogen-bond donors (Lipinski definition) is 1. The smallest absolute Gasteiger partial charge is 0.326 e. The fraction of sp³-hybridized carbons (Fsp3) is 0.118. The zero-order valence-corrected chi connectivity index (χ0v) is 12.5. The molecular formula is C17H14N4O2. The van der Waals surface area contributed by atoms with Crippen molar-refractivity contribution in [1.29, 1.82) is 0 Å². The Bertz CT molecular complexity index is 1020. The minimum Gasteiger partial charge on any atom is -0.339 e. The van der Waals surface area contributed by atoms with Crippen molar-refractivity contribution in [1.82, 2.24) is 19.7 Å². The zero-order valence-electron chi connectivity index (χ0n) is 12.5. The number of H-pyrrole nitrogens is 1. The fourth-order valence-corrected chi connectivity index (χ4v) is 2.62. The highest BCUT2D eigenvalue weighted by Gasteiger charge is 2.08. The molecule has 0 unspecified atom stereocenters. The van der Waals surface area contributed by atoms with Gasteiger partial charge in [-0.05, 0) is 17.7 Å². The number of aromatic amines is 1. The van der Waals surface area contributed by atoms with Gasteiger partial charge < -0.3 is 9.51 Å². The van der Waals surface area contributed by atoms with Gasteiger partial charge in [-0.1, -0.05) is 41.6 Å². The summed E-state index contributed by atoms with van der Waals surface area (Å²) in [5.41, 5.74) is 3.55. The van der Waals surface area contributed by atoms with Crippen LogP contribution in [0.15, 0.2) is 57.8 Å². The van der Waals surface area contributed by atoms with Gasteiger partial charge in [-0.3, -0.25) is 4.57 Å². The molecule has 23 heavy (non-hydrogen) atoms. The molecular weight excluding hydrogens is 292 g/mol. The Kier molecular flexibility index (Phi) is 3.08. The van der Waals surface area contributed by atoms with E-state index in [9.17, 15) is 4.79 Å². The number of nitrogens with one attached hydrogen (secondary N) is 1. The van der Waals surface area contributed by atoms with Gasteiger partial charge >= 0.3 is 5.69 Å². The summed E-state index contributed by atoms with van der Waals surface area (Å²) in [4.78, 5) is 19.2. The van der Waals surface area contributed by atoms with Gasteiger partial charge in [0.2, 0.25) is 11.7 Å². The summed E-state index contributed by atoms with van der Waals surface area (Å²) in [6.07, 6.45) is 0. The van der Waals surface area contributed by atoms with E-state index in [0.717, 1.165) is 22.2 Å². The minimum atomic E-state index is -0.107. The maximum absolute atomic E-state index is 12.1. The molecule has 6 heteroatoms. The highest BCUT2D eigenvalue weighted by molar-refractivity contribution is 5.75. The Hall–Kier alpha value is -3.15. The quantitative estimate of drug-likeness (QED) is 0.631. The third-order valence-corrected chi connectivity index (χ3v) is 3.76. The van der Waals surface area contributed by atoms with Crippen LogP contribution < -0.4 is 5.69 Å². The zero-order chi connectivity index (χ0) is 15.8. The van der Waals surface area contributed by atoms with Gasteiger partial charge in [-0.2, -0.15) is 4.98 Å². The number of aromatic nitrogens is 4. The standard InChI is InChI=1S/C17H14N4O2/c1-11-18-16(20-23-11)13-8-6-12(7-9-13)10-21-15-5-3-2-4-14(15)19-17(21)22/h2-9H,10H2,1H3,(H,19,22). The summed E-state index contributed by atoms with van der Waals surface area (Å²) >= 11 is 0. The number of hydrogen-bond acceptors (Lipinski definition) is 4. The van der Waals surface area contributed by atoms with Gasteiger partial charge in [0.25, 0.3) is 0 Å². The van der Waals surface area contributed by atoms with Crippen LogP contribution in [0.5, 0.6) is 0 Å². The first-order valence-corrected chi connectivity index (χ1v) is 7.28. The molecule has 0 atom stereocenters. The van der Waals surface area contributed by atoms with Gasteiger partial charge in [-0.15, -0.1) is 0 Å². The van der Waals surface area contributed by atoms with Crippen LogP contribution >= 0.6 is 0 Å². The molecule has 0 aliphatic rings. The fourth-order valence-electron chi connectivity index (χ4n) is 2.62. The first-order chi connectivity index (χ1) is 11.2. The van der Waals surface area contributed by atoms with Crippen LogP contribution in [0.2, 0.25) is 0 Å². The van der Waals surface area contributed by atoms with E-state index in [-0.39, 0.29) is 5.69 Å². The van der Waals surface area contributed by atoms with E-state index >= 15 is 0 Å². The van der Waals surface area contributed by atoms with E-state index in [1.807, 2.05) is 48.5 Å². The summed E-state index contributed by atoms with van der Waals surface area (Å²) in [5.74, 6) is 1.10. The average molecular weight is 306 g/mol. The van der Waals surface area contributed by atoms with E-state index in [1.165, 1.54) is 0 Å². The van der Waals surface area contributed by atoms with Crippen LogP contribution in [-0.2, 0) is 6.54 Å². The van der Waals surface area contributed by atoms with E-state index in [4.69, 9.17) is 4.52 Å². The van der Waals surface area contributed by atoms with E-state index in [1.54, 1.807) is 11.5 Å². The maximum atomic E-state index is 12.1. The lowest BCUT2D eigenvalue weighted by atomic mass is 10.1. The molecule has 4 rings (SSSR count). The van der Waals surface area contributed by atoms with Gasteiger partial charge in [-0.25, -0.2) is 4.79 Å². The molecule has 0 spiro atoms. The molecule has 114 valence electrons. The number of benzene rings is 2. The van der Waals surface area contributed by atoms with Crippen LogP contribution in [0.4, 0.5) is 0 Å².